The van der Waals surface area contributed by atoms with Crippen LogP contribution in [0.25, 0.3) is 0 Å². The summed E-state index contributed by atoms with van der Waals surface area (Å²) in [4.78, 5) is 22.5. The highest BCUT2D eigenvalue weighted by molar-refractivity contribution is 5.71. The summed E-state index contributed by atoms with van der Waals surface area (Å²) in [7, 11) is 0. The second-order valence-electron chi connectivity index (χ2n) is 5.92. The van der Waals surface area contributed by atoms with Gasteiger partial charge in [0.05, 0.1) is 0 Å². The third kappa shape index (κ3) is 2.82. The van der Waals surface area contributed by atoms with Crippen molar-refractivity contribution < 1.29 is 0 Å². The number of nitrogens with two attached hydrogens (primary N) is 1. The van der Waals surface area contributed by atoms with Crippen LogP contribution in [0.2, 0.25) is 0 Å². The molecule has 19 heavy (non-hydrogen) atoms. The Labute approximate surface area is 114 Å². The predicted octanol–water partition coefficient (Wildman–Crippen LogP) is 2.42. The van der Waals surface area contributed by atoms with Gasteiger partial charge in [-0.15, -0.1) is 0 Å². The van der Waals surface area contributed by atoms with Gasteiger partial charge in [-0.3, -0.25) is 9.59 Å². The summed E-state index contributed by atoms with van der Waals surface area (Å²) in [6.45, 7) is 2.98. The Hall–Kier alpha value is -1.32. The fraction of sp³-hybridized carbons (Fsp3) is 0.733. The lowest BCUT2D eigenvalue weighted by Crippen LogP contribution is -2.40. The van der Waals surface area contributed by atoms with E-state index in [4.69, 9.17) is 5.73 Å². The van der Waals surface area contributed by atoms with E-state index in [1.165, 1.54) is 44.9 Å². The summed E-state index contributed by atoms with van der Waals surface area (Å²) < 4.78 is 0. The number of hydrogen-bond donors (Lipinski definition) is 2. The molecule has 4 heteroatoms. The number of anilines is 2. The van der Waals surface area contributed by atoms with Crippen LogP contribution in [0.3, 0.4) is 0 Å². The van der Waals surface area contributed by atoms with Gasteiger partial charge in [0.2, 0.25) is 0 Å². The molecule has 0 saturated heterocycles. The van der Waals surface area contributed by atoms with Crippen LogP contribution in [0, 0.1) is 5.41 Å². The molecule has 0 heterocycles. The molecule has 1 saturated carbocycles. The molecule has 1 aliphatic carbocycles. The van der Waals surface area contributed by atoms with Crippen LogP contribution >= 0.6 is 0 Å². The van der Waals surface area contributed by atoms with Gasteiger partial charge < -0.3 is 11.1 Å². The maximum atomic E-state index is 11.4. The van der Waals surface area contributed by atoms with Crippen LogP contribution in [0.5, 0.6) is 0 Å². The zero-order valence-electron chi connectivity index (χ0n) is 11.8. The molecule has 0 spiro atoms. The molecule has 0 unspecified atom stereocenters. The van der Waals surface area contributed by atoms with Crippen LogP contribution in [-0.4, -0.2) is 6.54 Å². The SMILES string of the molecule is CCC1(CNc2c(N)c(=O)c2=O)CCCCCCC1. The minimum atomic E-state index is -0.536. The molecule has 3 N–H and O–H groups in total. The van der Waals surface area contributed by atoms with Crippen molar-refractivity contribution in [1.29, 1.82) is 0 Å². The first-order valence-electron chi connectivity index (χ1n) is 7.42. The van der Waals surface area contributed by atoms with E-state index in [2.05, 4.69) is 12.2 Å². The Bertz CT molecular complexity index is 492. The smallest absolute Gasteiger partial charge is 0.253 e. The van der Waals surface area contributed by atoms with Crippen molar-refractivity contribution in [2.24, 2.45) is 5.41 Å². The topological polar surface area (TPSA) is 72.2 Å². The van der Waals surface area contributed by atoms with Crippen molar-refractivity contribution in [2.45, 2.75) is 58.3 Å². The summed E-state index contributed by atoms with van der Waals surface area (Å²) in [5.74, 6) is 0. The highest BCUT2D eigenvalue weighted by Gasteiger charge is 2.29. The van der Waals surface area contributed by atoms with Gasteiger partial charge in [-0.2, -0.15) is 0 Å². The molecular formula is C15H24N2O2. The van der Waals surface area contributed by atoms with Gasteiger partial charge in [0.1, 0.15) is 11.4 Å². The van der Waals surface area contributed by atoms with Gasteiger partial charge in [0, 0.05) is 6.54 Å². The van der Waals surface area contributed by atoms with Gasteiger partial charge in [-0.1, -0.05) is 39.0 Å². The molecule has 0 bridgehead atoms. The van der Waals surface area contributed by atoms with Crippen LogP contribution in [-0.2, 0) is 0 Å². The summed E-state index contributed by atoms with van der Waals surface area (Å²) in [5, 5.41) is 3.14. The van der Waals surface area contributed by atoms with Crippen LogP contribution in [0.15, 0.2) is 9.59 Å². The van der Waals surface area contributed by atoms with Gasteiger partial charge in [-0.25, -0.2) is 0 Å². The number of nitrogen functional groups attached to an aromatic ring is 1. The summed E-state index contributed by atoms with van der Waals surface area (Å²) in [5.41, 5.74) is 5.29. The van der Waals surface area contributed by atoms with Crippen LogP contribution in [0.1, 0.15) is 58.3 Å². The number of nitrogens with one attached hydrogen (secondary N) is 1. The quantitative estimate of drug-likeness (QED) is 0.819. The van der Waals surface area contributed by atoms with E-state index in [1.54, 1.807) is 0 Å². The van der Waals surface area contributed by atoms with Crippen molar-refractivity contribution in [3.8, 4) is 0 Å². The van der Waals surface area contributed by atoms with Crippen molar-refractivity contribution in [3.05, 3.63) is 20.4 Å². The summed E-state index contributed by atoms with van der Waals surface area (Å²) in [6, 6.07) is 0. The minimum absolute atomic E-state index is 0.113. The summed E-state index contributed by atoms with van der Waals surface area (Å²) in [6.07, 6.45) is 9.99. The molecule has 0 aromatic heterocycles. The van der Waals surface area contributed by atoms with E-state index in [0.717, 1.165) is 13.0 Å². The Morgan fingerprint density at radius 3 is 2.16 bits per heavy atom. The van der Waals surface area contributed by atoms with Crippen molar-refractivity contribution in [2.75, 3.05) is 17.6 Å². The first kappa shape index (κ1) is 14.1. The normalized spacial score (nSPS) is 19.8. The third-order valence-corrected chi connectivity index (χ3v) is 4.75. The second kappa shape index (κ2) is 5.76. The van der Waals surface area contributed by atoms with Crippen LogP contribution < -0.4 is 21.9 Å². The molecule has 1 aliphatic rings. The molecule has 1 aromatic rings. The number of hydrogen-bond acceptors (Lipinski definition) is 4. The van der Waals surface area contributed by atoms with Gasteiger partial charge in [0.15, 0.2) is 0 Å². The Balaban J connectivity index is 2.01. The van der Waals surface area contributed by atoms with E-state index >= 15 is 0 Å². The first-order chi connectivity index (χ1) is 9.09. The third-order valence-electron chi connectivity index (χ3n) is 4.75. The Morgan fingerprint density at radius 2 is 1.63 bits per heavy atom. The monoisotopic (exact) mass is 264 g/mol. The van der Waals surface area contributed by atoms with Crippen molar-refractivity contribution in [3.63, 3.8) is 0 Å². The molecule has 1 fully saturated rings. The maximum absolute atomic E-state index is 11.4. The average molecular weight is 264 g/mol. The maximum Gasteiger partial charge on any atom is 0.253 e. The van der Waals surface area contributed by atoms with E-state index in [-0.39, 0.29) is 11.1 Å². The standard InChI is InChI=1S/C15H24N2O2/c1-2-15(8-6-4-3-5-7-9-15)10-17-12-11(16)13(18)14(12)19/h17H,2-10,16H2,1H3. The number of rotatable bonds is 4. The molecule has 0 aliphatic heterocycles. The van der Waals surface area contributed by atoms with Crippen molar-refractivity contribution >= 4 is 11.4 Å². The lowest BCUT2D eigenvalue weighted by atomic mass is 9.74. The molecule has 0 amide bonds. The molecule has 4 nitrogen and oxygen atoms in total. The molecule has 0 atom stereocenters. The Morgan fingerprint density at radius 1 is 1.05 bits per heavy atom. The average Bonchev–Trinajstić information content (AvgIpc) is 2.41. The van der Waals surface area contributed by atoms with E-state index in [1.807, 2.05) is 0 Å². The molecule has 0 radical (unpaired) electrons. The molecule has 1 aromatic carbocycles. The van der Waals surface area contributed by atoms with Gasteiger partial charge >= 0.3 is 0 Å². The van der Waals surface area contributed by atoms with Gasteiger partial charge in [-0.05, 0) is 24.7 Å². The molecule has 2 rings (SSSR count). The highest BCUT2D eigenvalue weighted by Crippen LogP contribution is 2.37. The lowest BCUT2D eigenvalue weighted by molar-refractivity contribution is 0.217. The van der Waals surface area contributed by atoms with E-state index < -0.39 is 10.9 Å². The van der Waals surface area contributed by atoms with Gasteiger partial charge in [0.25, 0.3) is 10.9 Å². The first-order valence-corrected chi connectivity index (χ1v) is 7.42. The fourth-order valence-electron chi connectivity index (χ4n) is 3.17. The molecule has 106 valence electrons. The Kier molecular flexibility index (Phi) is 4.27. The zero-order valence-corrected chi connectivity index (χ0v) is 11.8. The second-order valence-corrected chi connectivity index (χ2v) is 5.92. The zero-order chi connectivity index (χ0) is 13.9. The predicted molar refractivity (Wildman–Crippen MR) is 79.3 cm³/mol. The van der Waals surface area contributed by atoms with Crippen molar-refractivity contribution in [1.82, 2.24) is 0 Å². The largest absolute Gasteiger partial charge is 0.394 e. The highest BCUT2D eigenvalue weighted by atomic mass is 16.2. The molecular weight excluding hydrogens is 240 g/mol. The fourth-order valence-corrected chi connectivity index (χ4v) is 3.17. The van der Waals surface area contributed by atoms with E-state index in [9.17, 15) is 9.59 Å². The minimum Gasteiger partial charge on any atom is -0.394 e. The van der Waals surface area contributed by atoms with E-state index in [0.29, 0.717) is 5.69 Å². The van der Waals surface area contributed by atoms with Crippen LogP contribution in [0.4, 0.5) is 11.4 Å². The lowest BCUT2D eigenvalue weighted by Gasteiger charge is -2.35. The summed E-state index contributed by atoms with van der Waals surface area (Å²) >= 11 is 0.